The first-order valence-corrected chi connectivity index (χ1v) is 7.95. The lowest BCUT2D eigenvalue weighted by molar-refractivity contribution is 0.216. The molecular weight excluding hydrogens is 318 g/mol. The van der Waals surface area contributed by atoms with Crippen LogP contribution in [0.15, 0.2) is 27.6 Å². The van der Waals surface area contributed by atoms with Gasteiger partial charge in [-0.2, -0.15) is 0 Å². The van der Waals surface area contributed by atoms with E-state index >= 15 is 0 Å². The van der Waals surface area contributed by atoms with Gasteiger partial charge in [-0.15, -0.1) is 0 Å². The molecule has 0 aliphatic rings. The molecular formula is C12H18BrNO3S. The minimum absolute atomic E-state index is 0.0525. The van der Waals surface area contributed by atoms with Crippen molar-refractivity contribution in [3.8, 4) is 0 Å². The first-order chi connectivity index (χ1) is 8.27. The molecule has 4 nitrogen and oxygen atoms in total. The van der Waals surface area contributed by atoms with E-state index in [1.54, 1.807) is 32.0 Å². The third-order valence-corrected chi connectivity index (χ3v) is 5.37. The number of hydrogen-bond acceptors (Lipinski definition) is 3. The first kappa shape index (κ1) is 15.6. The number of aryl methyl sites for hydroxylation is 1. The maximum Gasteiger partial charge on any atom is 0.240 e. The van der Waals surface area contributed by atoms with Crippen molar-refractivity contribution in [3.63, 3.8) is 0 Å². The van der Waals surface area contributed by atoms with E-state index in [-0.39, 0.29) is 23.5 Å². The fourth-order valence-electron chi connectivity index (χ4n) is 1.37. The maximum absolute atomic E-state index is 12.1. The summed E-state index contributed by atoms with van der Waals surface area (Å²) in [5.41, 5.74) is 0.862. The van der Waals surface area contributed by atoms with E-state index in [1.165, 1.54) is 0 Å². The summed E-state index contributed by atoms with van der Waals surface area (Å²) in [6.07, 6.45) is 0. The summed E-state index contributed by atoms with van der Waals surface area (Å²) in [5.74, 6) is -0.128. The average molecular weight is 336 g/mol. The molecule has 0 bridgehead atoms. The van der Waals surface area contributed by atoms with Gasteiger partial charge in [0.25, 0.3) is 0 Å². The second-order valence-corrected chi connectivity index (χ2v) is 7.05. The predicted octanol–water partition coefficient (Wildman–Crippen LogP) is 2.05. The Morgan fingerprint density at radius 2 is 2.00 bits per heavy atom. The van der Waals surface area contributed by atoms with Crippen LogP contribution in [0.3, 0.4) is 0 Å². The van der Waals surface area contributed by atoms with E-state index in [0.29, 0.717) is 0 Å². The normalized spacial score (nSPS) is 15.4. The lowest BCUT2D eigenvalue weighted by atomic mass is 10.1. The van der Waals surface area contributed by atoms with Crippen molar-refractivity contribution in [1.82, 2.24) is 4.72 Å². The van der Waals surface area contributed by atoms with E-state index in [4.69, 9.17) is 5.11 Å². The van der Waals surface area contributed by atoms with Crippen LogP contribution >= 0.6 is 15.9 Å². The van der Waals surface area contributed by atoms with Crippen LogP contribution in [0.4, 0.5) is 0 Å². The monoisotopic (exact) mass is 335 g/mol. The van der Waals surface area contributed by atoms with Gasteiger partial charge in [0.05, 0.1) is 4.90 Å². The van der Waals surface area contributed by atoms with Gasteiger partial charge in [0.2, 0.25) is 10.0 Å². The van der Waals surface area contributed by atoms with Crippen molar-refractivity contribution in [2.24, 2.45) is 5.92 Å². The molecule has 0 spiro atoms. The molecule has 6 heteroatoms. The van der Waals surface area contributed by atoms with Crippen molar-refractivity contribution in [1.29, 1.82) is 0 Å². The fraction of sp³-hybridized carbons (Fsp3) is 0.500. The van der Waals surface area contributed by atoms with Gasteiger partial charge >= 0.3 is 0 Å². The largest absolute Gasteiger partial charge is 0.396 e. The molecule has 0 aromatic heterocycles. The van der Waals surface area contributed by atoms with Gasteiger partial charge in [0.15, 0.2) is 0 Å². The van der Waals surface area contributed by atoms with E-state index in [2.05, 4.69) is 20.7 Å². The number of halogens is 1. The van der Waals surface area contributed by atoms with Crippen molar-refractivity contribution < 1.29 is 13.5 Å². The lowest BCUT2D eigenvalue weighted by Gasteiger charge is -2.19. The topological polar surface area (TPSA) is 66.4 Å². The van der Waals surface area contributed by atoms with Crippen molar-refractivity contribution in [2.45, 2.75) is 31.7 Å². The number of sulfonamides is 1. The third-order valence-electron chi connectivity index (χ3n) is 2.92. The van der Waals surface area contributed by atoms with Gasteiger partial charge < -0.3 is 5.11 Å². The SMILES string of the molecule is Cc1cc(S(=O)(=O)NC(C)C(C)CO)ccc1Br. The van der Waals surface area contributed by atoms with E-state index in [9.17, 15) is 8.42 Å². The smallest absolute Gasteiger partial charge is 0.240 e. The van der Waals surface area contributed by atoms with Crippen molar-refractivity contribution in [3.05, 3.63) is 28.2 Å². The van der Waals surface area contributed by atoms with Gasteiger partial charge in [0.1, 0.15) is 0 Å². The highest BCUT2D eigenvalue weighted by Gasteiger charge is 2.21. The highest BCUT2D eigenvalue weighted by Crippen LogP contribution is 2.20. The first-order valence-electron chi connectivity index (χ1n) is 5.67. The zero-order valence-electron chi connectivity index (χ0n) is 10.6. The average Bonchev–Trinajstić information content (AvgIpc) is 2.30. The Morgan fingerprint density at radius 1 is 1.39 bits per heavy atom. The number of nitrogens with one attached hydrogen (secondary N) is 1. The summed E-state index contributed by atoms with van der Waals surface area (Å²) < 4.78 is 27.7. The van der Waals surface area contributed by atoms with Crippen molar-refractivity contribution in [2.75, 3.05) is 6.61 Å². The molecule has 0 fully saturated rings. The van der Waals surface area contributed by atoms with Crippen LogP contribution in [0.2, 0.25) is 0 Å². The number of rotatable bonds is 5. The van der Waals surface area contributed by atoms with E-state index in [0.717, 1.165) is 10.0 Å². The fourth-order valence-corrected chi connectivity index (χ4v) is 3.05. The number of hydrogen-bond donors (Lipinski definition) is 2. The van der Waals surface area contributed by atoms with Gasteiger partial charge in [-0.1, -0.05) is 22.9 Å². The molecule has 102 valence electrons. The van der Waals surface area contributed by atoms with Crippen LogP contribution in [0.1, 0.15) is 19.4 Å². The van der Waals surface area contributed by atoms with Gasteiger partial charge in [-0.05, 0) is 43.5 Å². The van der Waals surface area contributed by atoms with Gasteiger partial charge in [-0.3, -0.25) is 0 Å². The van der Waals surface area contributed by atoms with E-state index in [1.807, 2.05) is 6.92 Å². The van der Waals surface area contributed by atoms with E-state index < -0.39 is 10.0 Å². The molecule has 18 heavy (non-hydrogen) atoms. The molecule has 0 amide bonds. The highest BCUT2D eigenvalue weighted by atomic mass is 79.9. The molecule has 0 heterocycles. The molecule has 0 saturated heterocycles. The minimum Gasteiger partial charge on any atom is -0.396 e. The lowest BCUT2D eigenvalue weighted by Crippen LogP contribution is -2.38. The highest BCUT2D eigenvalue weighted by molar-refractivity contribution is 9.10. The molecule has 2 atom stereocenters. The van der Waals surface area contributed by atoms with Gasteiger partial charge in [-0.25, -0.2) is 13.1 Å². The summed E-state index contributed by atoms with van der Waals surface area (Å²) in [5, 5.41) is 9.01. The van der Waals surface area contributed by atoms with Crippen LogP contribution in [0, 0.1) is 12.8 Å². The van der Waals surface area contributed by atoms with Crippen LogP contribution in [-0.4, -0.2) is 26.2 Å². The summed E-state index contributed by atoms with van der Waals surface area (Å²) in [4.78, 5) is 0.236. The Labute approximate surface area is 117 Å². The Kier molecular flexibility index (Phi) is 5.33. The zero-order valence-corrected chi connectivity index (χ0v) is 13.0. The van der Waals surface area contributed by atoms with Crippen LogP contribution < -0.4 is 4.72 Å². The molecule has 2 unspecified atom stereocenters. The molecule has 1 aromatic rings. The standard InChI is InChI=1S/C12H18BrNO3S/c1-8-6-11(4-5-12(8)13)18(16,17)14-10(3)9(2)7-15/h4-6,9-10,14-15H,7H2,1-3H3. The molecule has 0 saturated carbocycles. The van der Waals surface area contributed by atoms with Gasteiger partial charge in [0, 0.05) is 17.1 Å². The Bertz CT molecular complexity index is 516. The summed E-state index contributed by atoms with van der Waals surface area (Å²) in [7, 11) is -3.54. The maximum atomic E-state index is 12.1. The number of benzene rings is 1. The second kappa shape index (κ2) is 6.14. The summed E-state index contributed by atoms with van der Waals surface area (Å²) in [6.45, 7) is 5.32. The molecule has 1 aromatic carbocycles. The van der Waals surface area contributed by atoms with Crippen LogP contribution in [0.25, 0.3) is 0 Å². The molecule has 2 N–H and O–H groups in total. The van der Waals surface area contributed by atoms with Crippen molar-refractivity contribution >= 4 is 26.0 Å². The molecule has 0 aliphatic carbocycles. The Balaban J connectivity index is 2.96. The molecule has 0 radical (unpaired) electrons. The number of aliphatic hydroxyl groups is 1. The summed E-state index contributed by atoms with van der Waals surface area (Å²) >= 11 is 3.33. The minimum atomic E-state index is -3.54. The molecule has 0 aliphatic heterocycles. The third kappa shape index (κ3) is 3.78. The Morgan fingerprint density at radius 3 is 2.50 bits per heavy atom. The Hall–Kier alpha value is -0.430. The van der Waals surface area contributed by atoms with Crippen LogP contribution in [-0.2, 0) is 10.0 Å². The van der Waals surface area contributed by atoms with Crippen LogP contribution in [0.5, 0.6) is 0 Å². The predicted molar refractivity (Wildman–Crippen MR) is 74.9 cm³/mol. The summed E-state index contributed by atoms with van der Waals surface area (Å²) in [6, 6.07) is 4.56. The zero-order chi connectivity index (χ0) is 13.9. The molecule has 1 rings (SSSR count). The second-order valence-electron chi connectivity index (χ2n) is 4.48. The quantitative estimate of drug-likeness (QED) is 0.865. The number of aliphatic hydroxyl groups excluding tert-OH is 1.